The van der Waals surface area contributed by atoms with Gasteiger partial charge >= 0.3 is 0 Å². The Labute approximate surface area is 191 Å². The number of aryl methyl sites for hydroxylation is 1. The van der Waals surface area contributed by atoms with Gasteiger partial charge in [-0.05, 0) is 53.8 Å². The van der Waals surface area contributed by atoms with Crippen LogP contribution in [-0.4, -0.2) is 42.3 Å². The molecule has 2 aromatic heterocycles. The van der Waals surface area contributed by atoms with E-state index in [0.717, 1.165) is 70.2 Å². The normalized spacial score (nSPS) is 14.3. The van der Waals surface area contributed by atoms with E-state index in [9.17, 15) is 4.79 Å². The highest BCUT2D eigenvalue weighted by atomic mass is 32.1. The molecule has 32 heavy (non-hydrogen) atoms. The Balaban J connectivity index is 1.48. The Bertz CT molecular complexity index is 1280. The van der Waals surface area contributed by atoms with E-state index in [0.29, 0.717) is 0 Å². The van der Waals surface area contributed by atoms with Crippen LogP contribution in [0.5, 0.6) is 0 Å². The molecule has 1 aliphatic heterocycles. The Hall–Kier alpha value is -3.42. The Kier molecular flexibility index (Phi) is 5.75. The van der Waals surface area contributed by atoms with E-state index in [1.807, 2.05) is 54.8 Å². The highest BCUT2D eigenvalue weighted by Crippen LogP contribution is 2.28. The molecule has 0 saturated carbocycles. The average Bonchev–Trinajstić information content (AvgIpc) is 3.45. The predicted molar refractivity (Wildman–Crippen MR) is 134 cm³/mol. The zero-order chi connectivity index (χ0) is 21.9. The quantitative estimate of drug-likeness (QED) is 0.416. The number of carbonyl (C=O) groups excluding carboxylic acids is 1. The van der Waals surface area contributed by atoms with E-state index in [4.69, 9.17) is 0 Å². The second-order valence-corrected chi connectivity index (χ2v) is 8.80. The van der Waals surface area contributed by atoms with E-state index >= 15 is 0 Å². The number of benzene rings is 2. The number of nitrogens with zero attached hydrogens (tertiary/aromatic N) is 2. The van der Waals surface area contributed by atoms with Gasteiger partial charge in [-0.25, -0.2) is 0 Å². The summed E-state index contributed by atoms with van der Waals surface area (Å²) in [7, 11) is 0. The highest BCUT2D eigenvalue weighted by Gasteiger charge is 2.16. The van der Waals surface area contributed by atoms with E-state index in [1.165, 1.54) is 11.3 Å². The summed E-state index contributed by atoms with van der Waals surface area (Å²) >= 11 is 1.46. The van der Waals surface area contributed by atoms with Crippen LogP contribution in [0.25, 0.3) is 23.1 Å². The van der Waals surface area contributed by atoms with Gasteiger partial charge in [-0.3, -0.25) is 9.89 Å². The summed E-state index contributed by atoms with van der Waals surface area (Å²) in [6.45, 7) is 5.79. The number of carbonyl (C=O) groups is 1. The molecule has 0 bridgehead atoms. The van der Waals surface area contributed by atoms with Crippen molar-refractivity contribution in [1.29, 1.82) is 0 Å². The molecular formula is C25H25N5OS. The number of hydrogen-bond donors (Lipinski definition) is 3. The first-order chi connectivity index (χ1) is 15.7. The molecule has 162 valence electrons. The molecule has 6 nitrogen and oxygen atoms in total. The summed E-state index contributed by atoms with van der Waals surface area (Å²) in [5.41, 5.74) is 5.73. The van der Waals surface area contributed by atoms with Gasteiger partial charge in [0.2, 0.25) is 0 Å². The van der Waals surface area contributed by atoms with Crippen LogP contribution in [0.2, 0.25) is 0 Å². The fourth-order valence-electron chi connectivity index (χ4n) is 3.98. The third-order valence-electron chi connectivity index (χ3n) is 5.76. The van der Waals surface area contributed by atoms with Crippen LogP contribution in [0.4, 0.5) is 11.4 Å². The molecule has 0 radical (unpaired) electrons. The lowest BCUT2D eigenvalue weighted by Crippen LogP contribution is -2.43. The van der Waals surface area contributed by atoms with Crippen LogP contribution < -0.4 is 15.5 Å². The van der Waals surface area contributed by atoms with Crippen molar-refractivity contribution in [3.8, 4) is 0 Å². The molecule has 1 saturated heterocycles. The third kappa shape index (κ3) is 4.17. The van der Waals surface area contributed by atoms with Crippen LogP contribution in [0, 0.1) is 6.92 Å². The van der Waals surface area contributed by atoms with Crippen molar-refractivity contribution in [2.75, 3.05) is 36.4 Å². The summed E-state index contributed by atoms with van der Waals surface area (Å²) in [5, 5.41) is 17.1. The summed E-state index contributed by atoms with van der Waals surface area (Å²) in [4.78, 5) is 16.1. The molecule has 4 aromatic rings. The summed E-state index contributed by atoms with van der Waals surface area (Å²) in [6, 6.07) is 16.3. The summed E-state index contributed by atoms with van der Waals surface area (Å²) in [5.74, 6) is -0.0742. The lowest BCUT2D eigenvalue weighted by Gasteiger charge is -2.30. The summed E-state index contributed by atoms with van der Waals surface area (Å²) < 4.78 is 0. The molecule has 3 N–H and O–H groups in total. The number of aromatic nitrogens is 2. The maximum Gasteiger partial charge on any atom is 0.266 e. The Morgan fingerprint density at radius 3 is 2.78 bits per heavy atom. The number of anilines is 2. The number of nitrogens with one attached hydrogen (secondary N) is 3. The number of rotatable bonds is 5. The number of hydrogen-bond acceptors (Lipinski definition) is 5. The number of para-hydroxylation sites is 1. The van der Waals surface area contributed by atoms with Gasteiger partial charge in [-0.1, -0.05) is 30.3 Å². The van der Waals surface area contributed by atoms with Gasteiger partial charge in [-0.2, -0.15) is 5.10 Å². The molecule has 0 unspecified atom stereocenters. The van der Waals surface area contributed by atoms with Crippen molar-refractivity contribution in [1.82, 2.24) is 15.5 Å². The average molecular weight is 444 g/mol. The van der Waals surface area contributed by atoms with Crippen LogP contribution in [0.1, 0.15) is 26.5 Å². The molecule has 2 aromatic carbocycles. The van der Waals surface area contributed by atoms with E-state index in [1.54, 1.807) is 0 Å². The number of H-pyrrole nitrogens is 1. The molecule has 0 spiro atoms. The van der Waals surface area contributed by atoms with E-state index in [-0.39, 0.29) is 5.91 Å². The standard InChI is InChI=1S/C25H25N5OS/c1-17-10-15-32-24(17)25(31)27-23-16-19(30-13-11-26-12-14-30)8-6-18(23)7-9-22-20-4-2-3-5-21(20)28-29-22/h2-10,15-16,26H,11-14H2,1H3,(H,27,31)(H,28,29)/b9-7+. The number of fused-ring (bicyclic) bond motifs is 1. The molecule has 7 heteroatoms. The molecule has 1 fully saturated rings. The fraction of sp³-hybridized carbons (Fsp3) is 0.200. The minimum absolute atomic E-state index is 0.0742. The van der Waals surface area contributed by atoms with Crippen molar-refractivity contribution < 1.29 is 4.79 Å². The SMILES string of the molecule is Cc1ccsc1C(=O)Nc1cc(N2CCNCC2)ccc1/C=C/c1n[nH]c2ccccc12. The molecular weight excluding hydrogens is 418 g/mol. The van der Waals surface area contributed by atoms with Crippen molar-refractivity contribution >= 4 is 51.7 Å². The zero-order valence-corrected chi connectivity index (χ0v) is 18.7. The predicted octanol–water partition coefficient (Wildman–Crippen LogP) is 4.77. The van der Waals surface area contributed by atoms with Gasteiger partial charge in [0.25, 0.3) is 5.91 Å². The van der Waals surface area contributed by atoms with E-state index < -0.39 is 0 Å². The number of amides is 1. The maximum absolute atomic E-state index is 13.0. The van der Waals surface area contributed by atoms with Crippen LogP contribution in [0.3, 0.4) is 0 Å². The van der Waals surface area contributed by atoms with Crippen molar-refractivity contribution in [3.05, 3.63) is 75.6 Å². The number of piperazine rings is 1. The van der Waals surface area contributed by atoms with Gasteiger partial charge in [0.05, 0.1) is 21.8 Å². The Morgan fingerprint density at radius 1 is 1.12 bits per heavy atom. The van der Waals surface area contributed by atoms with Gasteiger partial charge < -0.3 is 15.5 Å². The van der Waals surface area contributed by atoms with Gasteiger partial charge in [0, 0.05) is 37.3 Å². The monoisotopic (exact) mass is 443 g/mol. The highest BCUT2D eigenvalue weighted by molar-refractivity contribution is 7.12. The van der Waals surface area contributed by atoms with Gasteiger partial charge in [0.15, 0.2) is 0 Å². The van der Waals surface area contributed by atoms with Crippen molar-refractivity contribution in [3.63, 3.8) is 0 Å². The molecule has 0 aliphatic carbocycles. The molecule has 1 amide bonds. The van der Waals surface area contributed by atoms with Gasteiger partial charge in [0.1, 0.15) is 0 Å². The fourth-order valence-corrected chi connectivity index (χ4v) is 4.80. The number of aromatic amines is 1. The van der Waals surface area contributed by atoms with Crippen molar-refractivity contribution in [2.24, 2.45) is 0 Å². The lowest BCUT2D eigenvalue weighted by molar-refractivity contribution is 0.103. The molecule has 1 aliphatic rings. The first kappa shape index (κ1) is 20.5. The number of thiophene rings is 1. The second-order valence-electron chi connectivity index (χ2n) is 7.88. The largest absolute Gasteiger partial charge is 0.369 e. The second kappa shape index (κ2) is 8.98. The minimum atomic E-state index is -0.0742. The molecule has 3 heterocycles. The topological polar surface area (TPSA) is 73.1 Å². The van der Waals surface area contributed by atoms with Crippen LogP contribution in [0.15, 0.2) is 53.9 Å². The van der Waals surface area contributed by atoms with Crippen LogP contribution >= 0.6 is 11.3 Å². The molecule has 5 rings (SSSR count). The van der Waals surface area contributed by atoms with Crippen LogP contribution in [-0.2, 0) is 0 Å². The minimum Gasteiger partial charge on any atom is -0.369 e. The molecule has 0 atom stereocenters. The summed E-state index contributed by atoms with van der Waals surface area (Å²) in [6.07, 6.45) is 4.01. The first-order valence-corrected chi connectivity index (χ1v) is 11.6. The smallest absolute Gasteiger partial charge is 0.266 e. The first-order valence-electron chi connectivity index (χ1n) is 10.8. The van der Waals surface area contributed by atoms with Crippen molar-refractivity contribution in [2.45, 2.75) is 6.92 Å². The zero-order valence-electron chi connectivity index (χ0n) is 17.9. The van der Waals surface area contributed by atoms with E-state index in [2.05, 4.69) is 43.9 Å². The Morgan fingerprint density at radius 2 is 1.97 bits per heavy atom. The van der Waals surface area contributed by atoms with Gasteiger partial charge in [-0.15, -0.1) is 11.3 Å². The third-order valence-corrected chi connectivity index (χ3v) is 6.77. The maximum atomic E-state index is 13.0. The lowest BCUT2D eigenvalue weighted by atomic mass is 10.1.